The predicted octanol–water partition coefficient (Wildman–Crippen LogP) is 4.65. The molecule has 2 aromatic carbocycles. The molecule has 1 heterocycles. The molecule has 2 N–H and O–H groups in total. The lowest BCUT2D eigenvalue weighted by Gasteiger charge is -2.39. The predicted molar refractivity (Wildman–Crippen MR) is 133 cm³/mol. The number of fused-ring (bicyclic) bond motifs is 3. The molecule has 1 fully saturated rings. The minimum atomic E-state index is -1.00. The number of nitrogens with one attached hydrogen (secondary N) is 1. The number of aliphatic carboxylic acids is 1. The largest absolute Gasteiger partial charge is 0.480 e. The van der Waals surface area contributed by atoms with Gasteiger partial charge in [-0.05, 0) is 54.9 Å². The lowest BCUT2D eigenvalue weighted by atomic mass is 9.77. The molecule has 0 saturated carbocycles. The Kier molecular flexibility index (Phi) is 6.88. The molecule has 4 rings (SSSR count). The SMILES string of the molecule is CC(C)C(NC(=O)OCC1c2ccccc2-c2ccccc21)C(C)(C)C(=O)N1CCC[C@@H]1C(=O)O. The second kappa shape index (κ2) is 9.72. The normalized spacial score (nSPS) is 18.2. The van der Waals surface area contributed by atoms with Crippen LogP contribution in [0.15, 0.2) is 48.5 Å². The summed E-state index contributed by atoms with van der Waals surface area (Å²) in [5.41, 5.74) is 3.57. The molecule has 7 nitrogen and oxygen atoms in total. The van der Waals surface area contributed by atoms with Gasteiger partial charge in [0.1, 0.15) is 12.6 Å². The van der Waals surface area contributed by atoms with E-state index in [2.05, 4.69) is 29.6 Å². The number of alkyl carbamates (subject to hydrolysis) is 1. The lowest BCUT2D eigenvalue weighted by molar-refractivity contribution is -0.153. The van der Waals surface area contributed by atoms with Gasteiger partial charge < -0.3 is 20.1 Å². The highest BCUT2D eigenvalue weighted by Gasteiger charge is 2.46. The number of hydrogen-bond acceptors (Lipinski definition) is 4. The summed E-state index contributed by atoms with van der Waals surface area (Å²) in [5, 5.41) is 12.4. The minimum absolute atomic E-state index is 0.0544. The topological polar surface area (TPSA) is 95.9 Å². The maximum atomic E-state index is 13.4. The van der Waals surface area contributed by atoms with Crippen LogP contribution >= 0.6 is 0 Å². The Bertz CT molecular complexity index is 1080. The fourth-order valence-electron chi connectivity index (χ4n) is 5.72. The Morgan fingerprint density at radius 2 is 1.63 bits per heavy atom. The molecule has 2 aromatic rings. The number of likely N-dealkylation sites (tertiary alicyclic amines) is 1. The summed E-state index contributed by atoms with van der Waals surface area (Å²) in [6.07, 6.45) is 0.525. The monoisotopic (exact) mass is 478 g/mol. The third-order valence-electron chi connectivity index (χ3n) is 7.41. The van der Waals surface area contributed by atoms with Gasteiger partial charge >= 0.3 is 12.1 Å². The van der Waals surface area contributed by atoms with E-state index in [0.717, 1.165) is 22.3 Å². The van der Waals surface area contributed by atoms with Crippen molar-refractivity contribution in [3.63, 3.8) is 0 Å². The van der Waals surface area contributed by atoms with Gasteiger partial charge in [0.15, 0.2) is 0 Å². The molecule has 2 amide bonds. The first-order chi connectivity index (χ1) is 16.6. The molecule has 1 aliphatic heterocycles. The van der Waals surface area contributed by atoms with Crippen molar-refractivity contribution in [1.29, 1.82) is 0 Å². The molecule has 1 aliphatic carbocycles. The van der Waals surface area contributed by atoms with Crippen molar-refractivity contribution >= 4 is 18.0 Å². The maximum absolute atomic E-state index is 13.4. The second-order valence-corrected chi connectivity index (χ2v) is 10.4. The Morgan fingerprint density at radius 3 is 2.17 bits per heavy atom. The molecule has 0 bridgehead atoms. The van der Waals surface area contributed by atoms with E-state index in [-0.39, 0.29) is 24.3 Å². The number of rotatable bonds is 7. The zero-order valence-electron chi connectivity index (χ0n) is 20.8. The van der Waals surface area contributed by atoms with Gasteiger partial charge in [-0.3, -0.25) is 4.79 Å². The van der Waals surface area contributed by atoms with E-state index < -0.39 is 29.6 Å². The first-order valence-electron chi connectivity index (χ1n) is 12.3. The van der Waals surface area contributed by atoms with Gasteiger partial charge in [0.05, 0.1) is 5.41 Å². The maximum Gasteiger partial charge on any atom is 0.407 e. The Labute approximate surface area is 206 Å². The molecular formula is C28H34N2O5. The molecule has 2 atom stereocenters. The van der Waals surface area contributed by atoms with Crippen LogP contribution in [0, 0.1) is 11.3 Å². The molecule has 0 radical (unpaired) electrons. The average Bonchev–Trinajstić information content (AvgIpc) is 3.44. The van der Waals surface area contributed by atoms with Crippen molar-refractivity contribution < 1.29 is 24.2 Å². The number of carboxylic acid groups (broad SMARTS) is 1. The summed E-state index contributed by atoms with van der Waals surface area (Å²) in [5.74, 6) is -1.38. The second-order valence-electron chi connectivity index (χ2n) is 10.4. The summed E-state index contributed by atoms with van der Waals surface area (Å²) >= 11 is 0. The van der Waals surface area contributed by atoms with Crippen molar-refractivity contribution in [2.75, 3.05) is 13.2 Å². The highest BCUT2D eigenvalue weighted by molar-refractivity contribution is 5.88. The van der Waals surface area contributed by atoms with Gasteiger partial charge in [-0.25, -0.2) is 9.59 Å². The Balaban J connectivity index is 1.46. The van der Waals surface area contributed by atoms with Crippen molar-refractivity contribution in [2.45, 2.75) is 58.5 Å². The highest BCUT2D eigenvalue weighted by atomic mass is 16.5. The highest BCUT2D eigenvalue weighted by Crippen LogP contribution is 2.44. The van der Waals surface area contributed by atoms with E-state index in [0.29, 0.717) is 19.4 Å². The standard InChI is InChI=1S/C28H34N2O5/c1-17(2)24(28(3,4)26(33)30-15-9-14-23(30)25(31)32)29-27(34)35-16-22-20-12-7-5-10-18(20)19-11-6-8-13-21(19)22/h5-8,10-13,17,22-24H,9,14-16H2,1-4H3,(H,29,34)(H,31,32)/t23-,24?/m1/s1. The van der Waals surface area contributed by atoms with Gasteiger partial charge in [0, 0.05) is 18.5 Å². The Hall–Kier alpha value is -3.35. The lowest BCUT2D eigenvalue weighted by Crippen LogP contribution is -2.57. The van der Waals surface area contributed by atoms with Crippen LogP contribution in [0.4, 0.5) is 4.79 Å². The zero-order chi connectivity index (χ0) is 25.3. The van der Waals surface area contributed by atoms with Crippen LogP contribution in [0.3, 0.4) is 0 Å². The number of carbonyl (C=O) groups is 3. The first kappa shape index (κ1) is 24.8. The van der Waals surface area contributed by atoms with Crippen LogP contribution in [0.5, 0.6) is 0 Å². The molecule has 7 heteroatoms. The van der Waals surface area contributed by atoms with Crippen LogP contribution in [0.25, 0.3) is 11.1 Å². The zero-order valence-corrected chi connectivity index (χ0v) is 20.8. The van der Waals surface area contributed by atoms with E-state index >= 15 is 0 Å². The van der Waals surface area contributed by atoms with E-state index in [1.165, 1.54) is 4.90 Å². The van der Waals surface area contributed by atoms with Crippen LogP contribution in [-0.2, 0) is 14.3 Å². The summed E-state index contributed by atoms with van der Waals surface area (Å²) in [4.78, 5) is 39.4. The third kappa shape index (κ3) is 4.64. The average molecular weight is 479 g/mol. The van der Waals surface area contributed by atoms with Crippen LogP contribution in [0.2, 0.25) is 0 Å². The van der Waals surface area contributed by atoms with E-state index in [9.17, 15) is 19.5 Å². The van der Waals surface area contributed by atoms with Crippen molar-refractivity contribution in [2.24, 2.45) is 11.3 Å². The molecule has 0 spiro atoms. The number of hydrogen-bond donors (Lipinski definition) is 2. The smallest absolute Gasteiger partial charge is 0.407 e. The molecule has 2 aliphatic rings. The Morgan fingerprint density at radius 1 is 1.06 bits per heavy atom. The molecule has 186 valence electrons. The van der Waals surface area contributed by atoms with Gasteiger partial charge in [0.2, 0.25) is 5.91 Å². The van der Waals surface area contributed by atoms with Crippen LogP contribution in [0.1, 0.15) is 57.6 Å². The summed E-state index contributed by atoms with van der Waals surface area (Å²) in [7, 11) is 0. The first-order valence-corrected chi connectivity index (χ1v) is 12.3. The fraction of sp³-hybridized carbons (Fsp3) is 0.464. The van der Waals surface area contributed by atoms with Crippen LogP contribution in [-0.4, -0.2) is 53.2 Å². The fourth-order valence-corrected chi connectivity index (χ4v) is 5.72. The number of amides is 2. The quantitative estimate of drug-likeness (QED) is 0.604. The van der Waals surface area contributed by atoms with Gasteiger partial charge in [-0.15, -0.1) is 0 Å². The number of ether oxygens (including phenoxy) is 1. The van der Waals surface area contributed by atoms with Gasteiger partial charge in [-0.2, -0.15) is 0 Å². The third-order valence-corrected chi connectivity index (χ3v) is 7.41. The van der Waals surface area contributed by atoms with Crippen molar-refractivity contribution in [3.05, 3.63) is 59.7 Å². The minimum Gasteiger partial charge on any atom is -0.480 e. The van der Waals surface area contributed by atoms with Gasteiger partial charge in [0.25, 0.3) is 0 Å². The molecule has 35 heavy (non-hydrogen) atoms. The molecule has 1 saturated heterocycles. The van der Waals surface area contributed by atoms with Crippen molar-refractivity contribution in [3.8, 4) is 11.1 Å². The number of carboxylic acids is 1. The van der Waals surface area contributed by atoms with E-state index in [4.69, 9.17) is 4.74 Å². The van der Waals surface area contributed by atoms with E-state index in [1.54, 1.807) is 13.8 Å². The number of nitrogens with zero attached hydrogens (tertiary/aromatic N) is 1. The summed E-state index contributed by atoms with van der Waals surface area (Å²) in [6.45, 7) is 7.99. The number of benzene rings is 2. The molecule has 1 unspecified atom stereocenters. The summed E-state index contributed by atoms with van der Waals surface area (Å²) < 4.78 is 5.71. The molecule has 0 aromatic heterocycles. The molecular weight excluding hydrogens is 444 g/mol. The van der Waals surface area contributed by atoms with E-state index in [1.807, 2.05) is 38.1 Å². The number of carbonyl (C=O) groups excluding carboxylic acids is 2. The summed E-state index contributed by atoms with van der Waals surface area (Å²) in [6, 6.07) is 14.9. The van der Waals surface area contributed by atoms with Gasteiger partial charge in [-0.1, -0.05) is 62.4 Å². The van der Waals surface area contributed by atoms with Crippen molar-refractivity contribution in [1.82, 2.24) is 10.2 Å². The van der Waals surface area contributed by atoms with Crippen LogP contribution < -0.4 is 5.32 Å².